The molecular formula is C13H23N3O2. The maximum Gasteiger partial charge on any atom is 0.410 e. The van der Waals surface area contributed by atoms with Crippen LogP contribution in [0.1, 0.15) is 40.5 Å². The van der Waals surface area contributed by atoms with E-state index in [1.807, 2.05) is 20.8 Å². The number of hydrogen-bond donors (Lipinski definition) is 1. The minimum absolute atomic E-state index is 0.204. The van der Waals surface area contributed by atoms with Crippen LogP contribution < -0.4 is 5.32 Å². The first-order valence-electron chi connectivity index (χ1n) is 6.57. The Kier molecular flexibility index (Phi) is 3.25. The van der Waals surface area contributed by atoms with E-state index in [1.165, 1.54) is 12.8 Å². The van der Waals surface area contributed by atoms with Crippen molar-refractivity contribution in [2.75, 3.05) is 19.6 Å². The molecule has 102 valence electrons. The molecule has 0 atom stereocenters. The molecule has 5 heteroatoms. The summed E-state index contributed by atoms with van der Waals surface area (Å²) in [7, 11) is 0. The third-order valence-corrected chi connectivity index (χ3v) is 3.11. The Hall–Kier alpha value is -1.26. The average molecular weight is 253 g/mol. The minimum Gasteiger partial charge on any atom is -0.444 e. The highest BCUT2D eigenvalue weighted by Crippen LogP contribution is 2.34. The van der Waals surface area contributed by atoms with Crippen LogP contribution in [0.5, 0.6) is 0 Å². The lowest BCUT2D eigenvalue weighted by Gasteiger charge is -2.30. The highest BCUT2D eigenvalue weighted by molar-refractivity contribution is 5.88. The summed E-state index contributed by atoms with van der Waals surface area (Å²) < 4.78 is 5.38. The van der Waals surface area contributed by atoms with Gasteiger partial charge in [0.25, 0.3) is 0 Å². The van der Waals surface area contributed by atoms with Crippen LogP contribution in [0.2, 0.25) is 0 Å². The van der Waals surface area contributed by atoms with E-state index in [0.717, 1.165) is 5.84 Å². The topological polar surface area (TPSA) is 53.9 Å². The lowest BCUT2D eigenvalue weighted by atomic mass is 10.2. The lowest BCUT2D eigenvalue weighted by Crippen LogP contribution is -2.49. The number of carbonyl (C=O) groups excluding carboxylic acids is 1. The molecule has 1 aliphatic carbocycles. The van der Waals surface area contributed by atoms with Gasteiger partial charge in [-0.15, -0.1) is 0 Å². The molecular weight excluding hydrogens is 230 g/mol. The van der Waals surface area contributed by atoms with Gasteiger partial charge in [-0.1, -0.05) is 0 Å². The van der Waals surface area contributed by atoms with Crippen molar-refractivity contribution in [3.8, 4) is 0 Å². The molecule has 0 aromatic carbocycles. The normalized spacial score (nSPS) is 22.2. The number of amides is 1. The molecule has 0 spiro atoms. The van der Waals surface area contributed by atoms with Gasteiger partial charge < -0.3 is 10.1 Å². The number of amidine groups is 1. The quantitative estimate of drug-likeness (QED) is 0.775. The van der Waals surface area contributed by atoms with Gasteiger partial charge in [0.05, 0.1) is 13.1 Å². The highest BCUT2D eigenvalue weighted by atomic mass is 16.6. The zero-order valence-electron chi connectivity index (χ0n) is 11.7. The Balaban J connectivity index is 1.88. The second-order valence-electron chi connectivity index (χ2n) is 6.42. The Morgan fingerprint density at radius 3 is 2.67 bits per heavy atom. The molecule has 1 amide bonds. The predicted octanol–water partition coefficient (Wildman–Crippen LogP) is 1.78. The molecule has 5 nitrogen and oxygen atoms in total. The van der Waals surface area contributed by atoms with Gasteiger partial charge >= 0.3 is 6.09 Å². The zero-order chi connectivity index (χ0) is 13.4. The van der Waals surface area contributed by atoms with Crippen molar-refractivity contribution >= 4 is 11.9 Å². The molecule has 1 saturated carbocycles. The smallest absolute Gasteiger partial charge is 0.410 e. The molecule has 2 rings (SSSR count). The van der Waals surface area contributed by atoms with Crippen molar-refractivity contribution in [2.45, 2.75) is 51.7 Å². The van der Waals surface area contributed by atoms with Gasteiger partial charge in [0.15, 0.2) is 0 Å². The van der Waals surface area contributed by atoms with E-state index < -0.39 is 5.60 Å². The molecule has 0 aromatic heterocycles. The van der Waals surface area contributed by atoms with Crippen LogP contribution >= 0.6 is 0 Å². The number of nitrogens with one attached hydrogen (secondary N) is 1. The first-order chi connectivity index (χ1) is 8.27. The number of hydrogen-bond acceptors (Lipinski definition) is 4. The molecule has 0 bridgehead atoms. The number of ether oxygens (including phenoxy) is 1. The van der Waals surface area contributed by atoms with E-state index in [-0.39, 0.29) is 11.6 Å². The lowest BCUT2D eigenvalue weighted by molar-refractivity contribution is 0.0276. The summed E-state index contributed by atoms with van der Waals surface area (Å²) >= 11 is 0. The molecule has 0 aromatic rings. The van der Waals surface area contributed by atoms with Gasteiger partial charge in [0.1, 0.15) is 11.4 Å². The van der Waals surface area contributed by atoms with Crippen LogP contribution in [-0.2, 0) is 4.74 Å². The van der Waals surface area contributed by atoms with Gasteiger partial charge in [-0.3, -0.25) is 9.89 Å². The summed E-state index contributed by atoms with van der Waals surface area (Å²) in [5, 5.41) is 3.42. The molecule has 1 aliphatic heterocycles. The van der Waals surface area contributed by atoms with E-state index >= 15 is 0 Å². The molecule has 0 saturated heterocycles. The van der Waals surface area contributed by atoms with Crippen LogP contribution in [0.25, 0.3) is 0 Å². The third kappa shape index (κ3) is 3.62. The van der Waals surface area contributed by atoms with E-state index in [9.17, 15) is 4.79 Å². The van der Waals surface area contributed by atoms with E-state index in [0.29, 0.717) is 19.6 Å². The standard InChI is InChI=1S/C13H23N3O2/c1-12(2,3)18-11(17)16-8-7-14-10(9-16)15-13(4)5-6-13/h5-9H2,1-4H3,(H,14,15). The Labute approximate surface area is 109 Å². The fourth-order valence-corrected chi connectivity index (χ4v) is 1.84. The van der Waals surface area contributed by atoms with Gasteiger partial charge in [0, 0.05) is 12.1 Å². The van der Waals surface area contributed by atoms with Gasteiger partial charge in [-0.2, -0.15) is 0 Å². The molecule has 18 heavy (non-hydrogen) atoms. The Bertz CT molecular complexity index is 367. The number of carbonyl (C=O) groups is 1. The fraction of sp³-hybridized carbons (Fsp3) is 0.846. The van der Waals surface area contributed by atoms with Gasteiger partial charge in [0.2, 0.25) is 0 Å². The summed E-state index contributed by atoms with van der Waals surface area (Å²) in [5.74, 6) is 0.909. The Morgan fingerprint density at radius 2 is 2.11 bits per heavy atom. The molecule has 2 aliphatic rings. The summed E-state index contributed by atoms with van der Waals surface area (Å²) in [5.41, 5.74) is -0.239. The number of rotatable bonds is 1. The fourth-order valence-electron chi connectivity index (χ4n) is 1.84. The van der Waals surface area contributed by atoms with Crippen LogP contribution in [-0.4, -0.2) is 47.6 Å². The van der Waals surface area contributed by atoms with Crippen molar-refractivity contribution in [1.82, 2.24) is 10.2 Å². The van der Waals surface area contributed by atoms with Gasteiger partial charge in [-0.25, -0.2) is 4.79 Å². The summed E-state index contributed by atoms with van der Waals surface area (Å²) in [4.78, 5) is 18.1. The SMILES string of the molecule is CC1(NC2=NCCN(C(=O)OC(C)(C)C)C2)CC1. The summed E-state index contributed by atoms with van der Waals surface area (Å²) in [6, 6.07) is 0. The predicted molar refractivity (Wildman–Crippen MR) is 70.9 cm³/mol. The first-order valence-corrected chi connectivity index (χ1v) is 6.57. The molecule has 0 unspecified atom stereocenters. The van der Waals surface area contributed by atoms with E-state index in [4.69, 9.17) is 4.74 Å². The maximum absolute atomic E-state index is 12.0. The molecule has 0 radical (unpaired) electrons. The van der Waals surface area contributed by atoms with Crippen LogP contribution in [0.15, 0.2) is 4.99 Å². The number of aliphatic imine (C=N–C) groups is 1. The average Bonchev–Trinajstić information content (AvgIpc) is 2.94. The van der Waals surface area contributed by atoms with Crippen molar-refractivity contribution < 1.29 is 9.53 Å². The second-order valence-corrected chi connectivity index (χ2v) is 6.42. The zero-order valence-corrected chi connectivity index (χ0v) is 11.7. The summed E-state index contributed by atoms with van der Waals surface area (Å²) in [6.07, 6.45) is 2.11. The minimum atomic E-state index is -0.443. The molecule has 1 fully saturated rings. The third-order valence-electron chi connectivity index (χ3n) is 3.11. The van der Waals surface area contributed by atoms with E-state index in [2.05, 4.69) is 17.2 Å². The van der Waals surface area contributed by atoms with Crippen molar-refractivity contribution in [3.63, 3.8) is 0 Å². The Morgan fingerprint density at radius 1 is 1.44 bits per heavy atom. The second kappa shape index (κ2) is 4.44. The first kappa shape index (κ1) is 13.2. The van der Waals surface area contributed by atoms with Crippen LogP contribution in [0.4, 0.5) is 4.79 Å². The molecule has 1 N–H and O–H groups in total. The monoisotopic (exact) mass is 253 g/mol. The van der Waals surface area contributed by atoms with Crippen molar-refractivity contribution in [2.24, 2.45) is 4.99 Å². The molecule has 1 heterocycles. The van der Waals surface area contributed by atoms with Gasteiger partial charge in [-0.05, 0) is 40.5 Å². The largest absolute Gasteiger partial charge is 0.444 e. The van der Waals surface area contributed by atoms with Crippen molar-refractivity contribution in [3.05, 3.63) is 0 Å². The highest BCUT2D eigenvalue weighted by Gasteiger charge is 2.38. The summed E-state index contributed by atoms with van der Waals surface area (Å²) in [6.45, 7) is 9.65. The van der Waals surface area contributed by atoms with Crippen LogP contribution in [0, 0.1) is 0 Å². The maximum atomic E-state index is 12.0. The number of nitrogens with zero attached hydrogens (tertiary/aromatic N) is 2. The van der Waals surface area contributed by atoms with E-state index in [1.54, 1.807) is 4.90 Å². The van der Waals surface area contributed by atoms with Crippen molar-refractivity contribution in [1.29, 1.82) is 0 Å². The van der Waals surface area contributed by atoms with Crippen LogP contribution in [0.3, 0.4) is 0 Å².